The molecule has 1 aromatic rings. The Hall–Kier alpha value is -1.53. The third-order valence-electron chi connectivity index (χ3n) is 3.05. The number of methoxy groups -OCH3 is 1. The lowest BCUT2D eigenvalue weighted by atomic mass is 10.2. The zero-order valence-corrected chi connectivity index (χ0v) is 13.1. The van der Waals surface area contributed by atoms with Gasteiger partial charge in [-0.15, -0.1) is 0 Å². The molecule has 1 aromatic carbocycles. The van der Waals surface area contributed by atoms with Gasteiger partial charge in [0.1, 0.15) is 0 Å². The lowest BCUT2D eigenvalue weighted by Crippen LogP contribution is -2.28. The first-order valence-corrected chi connectivity index (χ1v) is 7.21. The molecule has 0 atom stereocenters. The molecule has 0 aliphatic carbocycles. The summed E-state index contributed by atoms with van der Waals surface area (Å²) in [6, 6.07) is 2.91. The Kier molecular flexibility index (Phi) is 7.85. The van der Waals surface area contributed by atoms with Crippen molar-refractivity contribution in [3.8, 4) is 5.75 Å². The van der Waals surface area contributed by atoms with Crippen LogP contribution in [0.15, 0.2) is 12.1 Å². The second kappa shape index (κ2) is 9.41. The fourth-order valence-electron chi connectivity index (χ4n) is 1.78. The van der Waals surface area contributed by atoms with Crippen LogP contribution in [0.4, 0.5) is 15.8 Å². The van der Waals surface area contributed by atoms with Crippen molar-refractivity contribution >= 4 is 11.4 Å². The Bertz CT molecular complexity index is 430. The maximum Gasteiger partial charge on any atom is 0.167 e. The van der Waals surface area contributed by atoms with Gasteiger partial charge >= 0.3 is 0 Å². The molecule has 0 aliphatic heterocycles. The van der Waals surface area contributed by atoms with Gasteiger partial charge in [0.2, 0.25) is 0 Å². The summed E-state index contributed by atoms with van der Waals surface area (Å²) in [5.41, 5.74) is 6.91. The van der Waals surface area contributed by atoms with Crippen molar-refractivity contribution in [3.05, 3.63) is 17.9 Å². The summed E-state index contributed by atoms with van der Waals surface area (Å²) >= 11 is 0. The molecular weight excluding hydrogens is 273 g/mol. The van der Waals surface area contributed by atoms with Gasteiger partial charge < -0.3 is 25.4 Å². The number of nitrogens with zero attached hydrogens (tertiary/aromatic N) is 1. The number of benzene rings is 1. The first-order chi connectivity index (χ1) is 10.1. The van der Waals surface area contributed by atoms with Crippen LogP contribution in [0.2, 0.25) is 0 Å². The van der Waals surface area contributed by atoms with Crippen LogP contribution in [0.5, 0.6) is 5.75 Å². The van der Waals surface area contributed by atoms with Crippen LogP contribution in [0.25, 0.3) is 0 Å². The molecule has 5 nitrogen and oxygen atoms in total. The summed E-state index contributed by atoms with van der Waals surface area (Å²) in [4.78, 5) is 2.14. The molecule has 0 unspecified atom stereocenters. The van der Waals surface area contributed by atoms with Gasteiger partial charge in [-0.1, -0.05) is 6.92 Å². The van der Waals surface area contributed by atoms with Crippen molar-refractivity contribution in [1.29, 1.82) is 0 Å². The number of halogens is 1. The number of nitrogens with one attached hydrogen (secondary N) is 1. The fourth-order valence-corrected chi connectivity index (χ4v) is 1.78. The average Bonchev–Trinajstić information content (AvgIpc) is 2.46. The summed E-state index contributed by atoms with van der Waals surface area (Å²) in [5, 5.41) is 3.21. The third-order valence-corrected chi connectivity index (χ3v) is 3.05. The van der Waals surface area contributed by atoms with Gasteiger partial charge in [-0.05, 0) is 13.5 Å². The molecule has 0 heterocycles. The molecule has 21 heavy (non-hydrogen) atoms. The monoisotopic (exact) mass is 299 g/mol. The summed E-state index contributed by atoms with van der Waals surface area (Å²) in [6.07, 6.45) is 0.830. The molecule has 3 N–H and O–H groups in total. The molecule has 0 bridgehead atoms. The van der Waals surface area contributed by atoms with Gasteiger partial charge in [0.25, 0.3) is 0 Å². The molecule has 0 saturated carbocycles. The molecule has 0 radical (unpaired) electrons. The van der Waals surface area contributed by atoms with E-state index in [-0.39, 0.29) is 5.75 Å². The van der Waals surface area contributed by atoms with Crippen molar-refractivity contribution in [3.63, 3.8) is 0 Å². The Morgan fingerprint density at radius 1 is 1.29 bits per heavy atom. The molecule has 1 rings (SSSR count). The second-order valence-corrected chi connectivity index (χ2v) is 4.94. The van der Waals surface area contributed by atoms with Crippen LogP contribution in [0.1, 0.15) is 13.3 Å². The quantitative estimate of drug-likeness (QED) is 0.649. The highest BCUT2D eigenvalue weighted by molar-refractivity contribution is 5.68. The largest absolute Gasteiger partial charge is 0.490 e. The minimum atomic E-state index is -0.427. The highest BCUT2D eigenvalue weighted by Crippen LogP contribution is 2.28. The molecule has 120 valence electrons. The normalized spacial score (nSPS) is 10.9. The van der Waals surface area contributed by atoms with Crippen molar-refractivity contribution in [2.75, 3.05) is 58.1 Å². The van der Waals surface area contributed by atoms with Gasteiger partial charge in [0.05, 0.1) is 24.6 Å². The number of anilines is 2. The lowest BCUT2D eigenvalue weighted by molar-refractivity contribution is 0.163. The summed E-state index contributed by atoms with van der Waals surface area (Å²) in [5.74, 6) is -0.190. The smallest absolute Gasteiger partial charge is 0.167 e. The van der Waals surface area contributed by atoms with E-state index in [1.165, 1.54) is 6.07 Å². The first kappa shape index (κ1) is 17.5. The lowest BCUT2D eigenvalue weighted by Gasteiger charge is -2.18. The zero-order valence-electron chi connectivity index (χ0n) is 13.1. The molecular formula is C15H26FN3O2. The van der Waals surface area contributed by atoms with Gasteiger partial charge in [-0.3, -0.25) is 0 Å². The summed E-state index contributed by atoms with van der Waals surface area (Å²) < 4.78 is 24.1. The van der Waals surface area contributed by atoms with E-state index >= 15 is 0 Å². The molecule has 0 aliphatic rings. The van der Waals surface area contributed by atoms with E-state index in [4.69, 9.17) is 15.2 Å². The second-order valence-electron chi connectivity index (χ2n) is 4.94. The van der Waals surface area contributed by atoms with E-state index in [0.29, 0.717) is 31.1 Å². The van der Waals surface area contributed by atoms with Crippen molar-refractivity contribution in [2.24, 2.45) is 0 Å². The Labute approximate surface area is 126 Å². The molecule has 0 spiro atoms. The number of hydrogen-bond acceptors (Lipinski definition) is 5. The number of likely N-dealkylation sites (N-methyl/N-ethyl adjacent to an activating group) is 1. The highest BCUT2D eigenvalue weighted by Gasteiger charge is 2.09. The van der Waals surface area contributed by atoms with Gasteiger partial charge in [0, 0.05) is 38.9 Å². The zero-order chi connectivity index (χ0) is 15.7. The maximum atomic E-state index is 13.7. The predicted molar refractivity (Wildman–Crippen MR) is 84.5 cm³/mol. The van der Waals surface area contributed by atoms with Crippen LogP contribution in [-0.4, -0.2) is 51.9 Å². The van der Waals surface area contributed by atoms with E-state index < -0.39 is 5.82 Å². The number of rotatable bonds is 10. The minimum Gasteiger partial charge on any atom is -0.490 e. The maximum absolute atomic E-state index is 13.7. The summed E-state index contributed by atoms with van der Waals surface area (Å²) in [6.45, 7) is 5.57. The number of nitrogen functional groups attached to an aromatic ring is 1. The fraction of sp³-hybridized carbons (Fsp3) is 0.600. The highest BCUT2D eigenvalue weighted by atomic mass is 19.1. The van der Waals surface area contributed by atoms with Crippen LogP contribution in [0, 0.1) is 5.82 Å². The molecule has 0 saturated heterocycles. The van der Waals surface area contributed by atoms with Crippen LogP contribution in [0.3, 0.4) is 0 Å². The SMILES string of the molecule is CCCOc1cc(NCCN(C)CCOC)c(N)cc1F. The number of hydrogen-bond donors (Lipinski definition) is 2. The van der Waals surface area contributed by atoms with E-state index in [2.05, 4.69) is 10.2 Å². The number of nitrogens with two attached hydrogens (primary N) is 1. The third kappa shape index (κ3) is 6.18. The van der Waals surface area contributed by atoms with Crippen LogP contribution < -0.4 is 15.8 Å². The standard InChI is InChI=1S/C15H26FN3O2/c1-4-8-21-15-11-14(13(17)10-12(15)16)18-5-6-19(2)7-9-20-3/h10-11,18H,4-9,17H2,1-3H3. The topological polar surface area (TPSA) is 59.8 Å². The van der Waals surface area contributed by atoms with E-state index in [1.807, 2.05) is 14.0 Å². The van der Waals surface area contributed by atoms with Crippen molar-refractivity contribution in [2.45, 2.75) is 13.3 Å². The van der Waals surface area contributed by atoms with Crippen LogP contribution >= 0.6 is 0 Å². The van der Waals surface area contributed by atoms with Crippen molar-refractivity contribution in [1.82, 2.24) is 4.90 Å². The van der Waals surface area contributed by atoms with E-state index in [0.717, 1.165) is 19.5 Å². The van der Waals surface area contributed by atoms with E-state index in [9.17, 15) is 4.39 Å². The van der Waals surface area contributed by atoms with Gasteiger partial charge in [0.15, 0.2) is 11.6 Å². The minimum absolute atomic E-state index is 0.237. The predicted octanol–water partition coefficient (Wildman–Crippen LogP) is 2.19. The average molecular weight is 299 g/mol. The van der Waals surface area contributed by atoms with Gasteiger partial charge in [-0.25, -0.2) is 4.39 Å². The Morgan fingerprint density at radius 2 is 2.05 bits per heavy atom. The Morgan fingerprint density at radius 3 is 2.71 bits per heavy atom. The first-order valence-electron chi connectivity index (χ1n) is 7.21. The molecule has 6 heteroatoms. The van der Waals surface area contributed by atoms with Crippen molar-refractivity contribution < 1.29 is 13.9 Å². The van der Waals surface area contributed by atoms with Gasteiger partial charge in [-0.2, -0.15) is 0 Å². The Balaban J connectivity index is 2.53. The van der Waals surface area contributed by atoms with E-state index in [1.54, 1.807) is 13.2 Å². The molecule has 0 fully saturated rings. The summed E-state index contributed by atoms with van der Waals surface area (Å²) in [7, 11) is 3.70. The number of ether oxygens (including phenoxy) is 2. The molecule has 0 aromatic heterocycles. The van der Waals surface area contributed by atoms with Crippen LogP contribution in [-0.2, 0) is 4.74 Å². The molecule has 0 amide bonds.